The Labute approximate surface area is 195 Å². The molecule has 33 heavy (non-hydrogen) atoms. The van der Waals surface area contributed by atoms with Crippen molar-refractivity contribution < 1.29 is 19.1 Å². The number of rotatable bonds is 11. The molecular formula is C25H34N4O4. The summed E-state index contributed by atoms with van der Waals surface area (Å²) in [6.07, 6.45) is 0.544. The maximum Gasteiger partial charge on any atom is 0.249 e. The summed E-state index contributed by atoms with van der Waals surface area (Å²) >= 11 is 0. The van der Waals surface area contributed by atoms with Crippen LogP contribution in [-0.2, 0) is 27.4 Å². The van der Waals surface area contributed by atoms with E-state index in [-0.39, 0.29) is 24.5 Å². The summed E-state index contributed by atoms with van der Waals surface area (Å²) < 4.78 is 10.5. The summed E-state index contributed by atoms with van der Waals surface area (Å²) in [5.41, 5.74) is 7.83. The highest BCUT2D eigenvalue weighted by Gasteiger charge is 2.41. The molecule has 3 N–H and O–H groups in total. The van der Waals surface area contributed by atoms with Crippen molar-refractivity contribution in [3.05, 3.63) is 65.7 Å². The van der Waals surface area contributed by atoms with Crippen LogP contribution in [0.3, 0.4) is 0 Å². The van der Waals surface area contributed by atoms with Gasteiger partial charge >= 0.3 is 0 Å². The minimum Gasteiger partial charge on any atom is -0.497 e. The van der Waals surface area contributed by atoms with Crippen molar-refractivity contribution in [3.63, 3.8) is 0 Å². The van der Waals surface area contributed by atoms with Crippen LogP contribution in [0.25, 0.3) is 0 Å². The molecule has 1 aliphatic heterocycles. The molecule has 0 radical (unpaired) electrons. The number of nitrogens with two attached hydrogens (primary N) is 1. The number of hydrogen-bond donors (Lipinski definition) is 2. The first-order chi connectivity index (χ1) is 16.0. The van der Waals surface area contributed by atoms with E-state index >= 15 is 0 Å². The molecule has 1 aliphatic rings. The van der Waals surface area contributed by atoms with E-state index in [1.54, 1.807) is 12.0 Å². The summed E-state index contributed by atoms with van der Waals surface area (Å²) in [6, 6.07) is 17.6. The summed E-state index contributed by atoms with van der Waals surface area (Å²) in [6.45, 7) is 2.50. The predicted octanol–water partition coefficient (Wildman–Crippen LogP) is 1.39. The lowest BCUT2D eigenvalue weighted by Gasteiger charge is -2.29. The van der Waals surface area contributed by atoms with E-state index in [2.05, 4.69) is 28.4 Å². The first-order valence-corrected chi connectivity index (χ1v) is 11.2. The molecule has 0 saturated carbocycles. The third-order valence-corrected chi connectivity index (χ3v) is 5.88. The van der Waals surface area contributed by atoms with Crippen molar-refractivity contribution in [2.75, 3.05) is 40.5 Å². The Hall–Kier alpha value is -2.94. The Morgan fingerprint density at radius 3 is 2.52 bits per heavy atom. The second kappa shape index (κ2) is 12.3. The smallest absolute Gasteiger partial charge is 0.249 e. The van der Waals surface area contributed by atoms with Crippen molar-refractivity contribution in [2.45, 2.75) is 31.6 Å². The second-order valence-electron chi connectivity index (χ2n) is 8.21. The van der Waals surface area contributed by atoms with Gasteiger partial charge in [0.15, 0.2) is 0 Å². The van der Waals surface area contributed by atoms with E-state index in [9.17, 15) is 9.59 Å². The van der Waals surface area contributed by atoms with Crippen molar-refractivity contribution in [1.82, 2.24) is 15.1 Å². The Balaban J connectivity index is 1.85. The molecule has 2 unspecified atom stereocenters. The average molecular weight is 455 g/mol. The van der Waals surface area contributed by atoms with Gasteiger partial charge in [-0.25, -0.2) is 0 Å². The number of hydrogen-bond acceptors (Lipinski definition) is 6. The molecule has 178 valence electrons. The number of amides is 2. The Kier molecular flexibility index (Phi) is 9.24. The average Bonchev–Trinajstić information content (AvgIpc) is 3.29. The van der Waals surface area contributed by atoms with Gasteiger partial charge in [0.1, 0.15) is 18.4 Å². The zero-order chi connectivity index (χ0) is 23.6. The molecule has 0 aliphatic carbocycles. The van der Waals surface area contributed by atoms with E-state index in [0.717, 1.165) is 11.3 Å². The maximum atomic E-state index is 12.9. The molecule has 1 heterocycles. The van der Waals surface area contributed by atoms with Crippen LogP contribution in [0.5, 0.6) is 5.75 Å². The second-order valence-corrected chi connectivity index (χ2v) is 8.21. The first kappa shape index (κ1) is 24.7. The summed E-state index contributed by atoms with van der Waals surface area (Å²) in [5.74, 6) is 0.442. The molecule has 0 spiro atoms. The van der Waals surface area contributed by atoms with Crippen molar-refractivity contribution in [3.8, 4) is 5.75 Å². The number of nitrogens with zero attached hydrogens (tertiary/aromatic N) is 2. The van der Waals surface area contributed by atoms with Crippen LogP contribution in [0.2, 0.25) is 0 Å². The number of ether oxygens (including phenoxy) is 2. The topological polar surface area (TPSA) is 97.1 Å². The van der Waals surface area contributed by atoms with Crippen LogP contribution in [0.15, 0.2) is 54.6 Å². The monoisotopic (exact) mass is 454 g/mol. The summed E-state index contributed by atoms with van der Waals surface area (Å²) in [7, 11) is 3.14. The molecule has 0 aromatic heterocycles. The molecule has 2 amide bonds. The van der Waals surface area contributed by atoms with E-state index in [1.165, 1.54) is 12.7 Å². The van der Waals surface area contributed by atoms with E-state index < -0.39 is 6.04 Å². The summed E-state index contributed by atoms with van der Waals surface area (Å²) in [4.78, 5) is 29.6. The highest BCUT2D eigenvalue weighted by Crippen LogP contribution is 2.27. The molecule has 3 rings (SSSR count). The molecule has 8 heteroatoms. The van der Waals surface area contributed by atoms with Gasteiger partial charge in [0, 0.05) is 45.9 Å². The zero-order valence-electron chi connectivity index (χ0n) is 19.4. The van der Waals surface area contributed by atoms with Gasteiger partial charge in [0.05, 0.1) is 7.11 Å². The van der Waals surface area contributed by atoms with Crippen LogP contribution in [0.4, 0.5) is 0 Å². The third kappa shape index (κ3) is 6.77. The van der Waals surface area contributed by atoms with Crippen molar-refractivity contribution >= 4 is 11.8 Å². The number of carbonyl (C=O) groups excluding carboxylic acids is 2. The number of nitrogens with one attached hydrogen (secondary N) is 1. The number of methoxy groups -OCH3 is 2. The number of benzene rings is 2. The minimum absolute atomic E-state index is 0.00541. The van der Waals surface area contributed by atoms with Gasteiger partial charge in [-0.15, -0.1) is 0 Å². The van der Waals surface area contributed by atoms with Crippen LogP contribution in [0, 0.1) is 0 Å². The van der Waals surface area contributed by atoms with Gasteiger partial charge in [0.2, 0.25) is 11.8 Å². The quantitative estimate of drug-likeness (QED) is 0.533. The first-order valence-electron chi connectivity index (χ1n) is 11.2. The highest BCUT2D eigenvalue weighted by molar-refractivity contribution is 5.88. The van der Waals surface area contributed by atoms with Gasteiger partial charge in [0.25, 0.3) is 0 Å². The van der Waals surface area contributed by atoms with E-state index in [1.807, 2.05) is 36.4 Å². The van der Waals surface area contributed by atoms with Gasteiger partial charge in [-0.1, -0.05) is 42.5 Å². The van der Waals surface area contributed by atoms with Gasteiger partial charge < -0.3 is 25.4 Å². The lowest BCUT2D eigenvalue weighted by molar-refractivity contribution is -0.141. The van der Waals surface area contributed by atoms with Crippen LogP contribution < -0.4 is 15.8 Å². The number of likely N-dealkylation sites (tertiary alicyclic amines) is 1. The molecule has 1 saturated heterocycles. The Bertz CT molecular complexity index is 908. The predicted molar refractivity (Wildman–Crippen MR) is 127 cm³/mol. The normalized spacial score (nSPS) is 17.9. The highest BCUT2D eigenvalue weighted by atomic mass is 16.5. The van der Waals surface area contributed by atoms with Crippen LogP contribution in [-0.4, -0.2) is 74.2 Å². The fourth-order valence-corrected chi connectivity index (χ4v) is 4.26. The largest absolute Gasteiger partial charge is 0.497 e. The van der Waals surface area contributed by atoms with Gasteiger partial charge in [-0.2, -0.15) is 0 Å². The fraction of sp³-hybridized carbons (Fsp3) is 0.440. The molecule has 0 bridgehead atoms. The zero-order valence-corrected chi connectivity index (χ0v) is 19.4. The molecule has 1 fully saturated rings. The summed E-state index contributed by atoms with van der Waals surface area (Å²) in [5, 5.41) is 2.84. The van der Waals surface area contributed by atoms with E-state index in [4.69, 9.17) is 15.2 Å². The molecule has 2 aromatic carbocycles. The Morgan fingerprint density at radius 1 is 1.09 bits per heavy atom. The van der Waals surface area contributed by atoms with Gasteiger partial charge in [-0.3, -0.25) is 14.5 Å². The van der Waals surface area contributed by atoms with Crippen molar-refractivity contribution in [1.29, 1.82) is 0 Å². The van der Waals surface area contributed by atoms with Crippen LogP contribution >= 0.6 is 0 Å². The molecule has 2 aromatic rings. The van der Waals surface area contributed by atoms with Crippen LogP contribution in [0.1, 0.15) is 17.5 Å². The molecule has 2 atom stereocenters. The molecule has 8 nitrogen and oxygen atoms in total. The van der Waals surface area contributed by atoms with Gasteiger partial charge in [-0.05, 0) is 29.7 Å². The Morgan fingerprint density at radius 2 is 1.82 bits per heavy atom. The SMILES string of the molecule is COCC(=O)N1CC(N(Cc2ccccc2)Cc2cccc(OC)c2)CC1C(=O)NCCN. The van der Waals surface area contributed by atoms with E-state index in [0.29, 0.717) is 39.1 Å². The standard InChI is InChI=1S/C25H34N4O4/c1-32-18-24(30)29-17-21(14-23(29)25(31)27-12-11-26)28(15-19-7-4-3-5-8-19)16-20-9-6-10-22(13-20)33-2/h3-10,13,21,23H,11-12,14-18,26H2,1-2H3,(H,27,31). The molecular weight excluding hydrogens is 420 g/mol. The third-order valence-electron chi connectivity index (χ3n) is 5.88. The lowest BCUT2D eigenvalue weighted by Crippen LogP contribution is -2.48. The number of carbonyl (C=O) groups is 2. The minimum atomic E-state index is -0.548. The van der Waals surface area contributed by atoms with Crippen molar-refractivity contribution in [2.24, 2.45) is 5.73 Å². The lowest BCUT2D eigenvalue weighted by atomic mass is 10.1. The fourth-order valence-electron chi connectivity index (χ4n) is 4.26. The maximum absolute atomic E-state index is 12.9.